The molecule has 0 aliphatic carbocycles. The van der Waals surface area contributed by atoms with Crippen LogP contribution in [0.15, 0.2) is 6.07 Å². The highest BCUT2D eigenvalue weighted by atomic mass is 35.5. The Hall–Kier alpha value is -1.07. The van der Waals surface area contributed by atoms with Crippen LogP contribution >= 0.6 is 12.4 Å². The van der Waals surface area contributed by atoms with Gasteiger partial charge in [0.15, 0.2) is 0 Å². The van der Waals surface area contributed by atoms with E-state index >= 15 is 0 Å². The first-order valence-electron chi connectivity index (χ1n) is 6.99. The largest absolute Gasteiger partial charge is 0.319 e. The van der Waals surface area contributed by atoms with Gasteiger partial charge in [0.1, 0.15) is 5.82 Å². The molecule has 0 fully saturated rings. The van der Waals surface area contributed by atoms with Gasteiger partial charge >= 0.3 is 0 Å². The Kier molecular flexibility index (Phi) is 6.45. The van der Waals surface area contributed by atoms with E-state index in [1.807, 2.05) is 33.9 Å². The minimum absolute atomic E-state index is 0. The molecule has 1 aromatic rings. The van der Waals surface area contributed by atoms with Crippen LogP contribution in [0.3, 0.4) is 0 Å². The number of hydrogen-bond acceptors (Lipinski definition) is 3. The highest BCUT2D eigenvalue weighted by Crippen LogP contribution is 2.22. The molecule has 1 rings (SSSR count). The third kappa shape index (κ3) is 6.06. The van der Waals surface area contributed by atoms with Gasteiger partial charge in [-0.1, -0.05) is 41.5 Å². The number of aromatic nitrogens is 2. The van der Waals surface area contributed by atoms with E-state index in [2.05, 4.69) is 31.2 Å². The van der Waals surface area contributed by atoms with Crippen LogP contribution in [-0.2, 0) is 18.3 Å². The van der Waals surface area contributed by atoms with Crippen molar-refractivity contribution in [3.8, 4) is 0 Å². The number of carbonyl (C=O) groups is 1. The molecule has 0 radical (unpaired) electrons. The third-order valence-corrected chi connectivity index (χ3v) is 3.11. The van der Waals surface area contributed by atoms with Gasteiger partial charge < -0.3 is 11.1 Å². The van der Waals surface area contributed by atoms with Crippen LogP contribution in [-0.4, -0.2) is 21.7 Å². The average molecular weight is 317 g/mol. The second-order valence-electron chi connectivity index (χ2n) is 7.71. The number of nitrogens with two attached hydrogens (primary N) is 1. The Morgan fingerprint density at radius 3 is 2.29 bits per heavy atom. The number of aryl methyl sites for hydroxylation is 1. The summed E-state index contributed by atoms with van der Waals surface area (Å²) in [5.41, 5.74) is 6.83. The van der Waals surface area contributed by atoms with E-state index in [-0.39, 0.29) is 29.1 Å². The molecule has 0 saturated carbocycles. The molecule has 122 valence electrons. The molecule has 21 heavy (non-hydrogen) atoms. The topological polar surface area (TPSA) is 72.9 Å². The second kappa shape index (κ2) is 6.79. The molecule has 0 aliphatic heterocycles. The maximum absolute atomic E-state index is 12.1. The summed E-state index contributed by atoms with van der Waals surface area (Å²) in [6, 6.07) is 1.36. The molecule has 6 heteroatoms. The molecule has 3 N–H and O–H groups in total. The first kappa shape index (κ1) is 19.9. The predicted octanol–water partition coefficient (Wildman–Crippen LogP) is 2.74. The van der Waals surface area contributed by atoms with Crippen molar-refractivity contribution in [1.82, 2.24) is 9.78 Å². The van der Waals surface area contributed by atoms with Gasteiger partial charge in [0.25, 0.3) is 0 Å². The first-order chi connectivity index (χ1) is 8.90. The van der Waals surface area contributed by atoms with Crippen molar-refractivity contribution in [2.75, 3.05) is 5.32 Å². The molecule has 1 heterocycles. The molecule has 0 unspecified atom stereocenters. The van der Waals surface area contributed by atoms with Crippen LogP contribution in [0.1, 0.15) is 47.2 Å². The first-order valence-corrected chi connectivity index (χ1v) is 6.99. The van der Waals surface area contributed by atoms with Crippen LogP contribution < -0.4 is 11.1 Å². The Balaban J connectivity index is 0.00000400. The molecule has 1 amide bonds. The summed E-state index contributed by atoms with van der Waals surface area (Å²) in [6.07, 6.45) is 0.863. The summed E-state index contributed by atoms with van der Waals surface area (Å²) in [5.74, 6) is 0.511. The Morgan fingerprint density at radius 1 is 1.33 bits per heavy atom. The van der Waals surface area contributed by atoms with Gasteiger partial charge in [0.2, 0.25) is 5.91 Å². The fraction of sp³-hybridized carbons (Fsp3) is 0.733. The number of nitrogens with one attached hydrogen (secondary N) is 1. The minimum atomic E-state index is -0.552. The molecular formula is C15H29ClN4O. The normalized spacial score (nSPS) is 13.5. The van der Waals surface area contributed by atoms with Crippen molar-refractivity contribution in [3.63, 3.8) is 0 Å². The highest BCUT2D eigenvalue weighted by molar-refractivity contribution is 5.94. The van der Waals surface area contributed by atoms with Crippen molar-refractivity contribution in [1.29, 1.82) is 0 Å². The summed E-state index contributed by atoms with van der Waals surface area (Å²) >= 11 is 0. The predicted molar refractivity (Wildman–Crippen MR) is 89.7 cm³/mol. The zero-order valence-electron chi connectivity index (χ0n) is 14.2. The van der Waals surface area contributed by atoms with E-state index in [1.165, 1.54) is 0 Å². The van der Waals surface area contributed by atoms with E-state index in [9.17, 15) is 4.79 Å². The number of carbonyl (C=O) groups excluding carboxylic acids is 1. The second-order valence-corrected chi connectivity index (χ2v) is 7.71. The number of anilines is 1. The zero-order valence-corrected chi connectivity index (χ0v) is 15.0. The molecule has 0 saturated heterocycles. The molecule has 1 aromatic heterocycles. The van der Waals surface area contributed by atoms with E-state index in [0.717, 1.165) is 12.1 Å². The Labute approximate surface area is 134 Å². The lowest BCUT2D eigenvalue weighted by Gasteiger charge is -2.25. The quantitative estimate of drug-likeness (QED) is 0.900. The van der Waals surface area contributed by atoms with Crippen LogP contribution in [0.5, 0.6) is 0 Å². The molecule has 0 spiro atoms. The number of nitrogens with zero attached hydrogens (tertiary/aromatic N) is 2. The number of halogens is 1. The van der Waals surface area contributed by atoms with E-state index < -0.39 is 6.04 Å². The van der Waals surface area contributed by atoms with Crippen molar-refractivity contribution in [2.24, 2.45) is 23.6 Å². The molecule has 0 bridgehead atoms. The summed E-state index contributed by atoms with van der Waals surface area (Å²) in [6.45, 7) is 12.3. The molecule has 0 aliphatic rings. The number of rotatable bonds is 3. The monoisotopic (exact) mass is 316 g/mol. The molecule has 0 aromatic carbocycles. The van der Waals surface area contributed by atoms with E-state index in [1.54, 1.807) is 4.68 Å². The van der Waals surface area contributed by atoms with Gasteiger partial charge in [-0.15, -0.1) is 12.4 Å². The van der Waals surface area contributed by atoms with E-state index in [0.29, 0.717) is 5.82 Å². The summed E-state index contributed by atoms with van der Waals surface area (Å²) < 4.78 is 1.69. The standard InChI is InChI=1S/C15H28N4O.ClH/c1-14(2,3)9-10-8-11(19(7)18-10)17-13(20)12(16)15(4,5)6;/h8,12H,9,16H2,1-7H3,(H,17,20);1H/t12-;/m1./s1. The van der Waals surface area contributed by atoms with Gasteiger partial charge in [-0.2, -0.15) is 5.10 Å². The van der Waals surface area contributed by atoms with Gasteiger partial charge in [-0.3, -0.25) is 9.48 Å². The zero-order chi connectivity index (χ0) is 15.7. The van der Waals surface area contributed by atoms with Gasteiger partial charge in [-0.25, -0.2) is 0 Å². The molecular weight excluding hydrogens is 288 g/mol. The molecule has 1 atom stereocenters. The lowest BCUT2D eigenvalue weighted by Crippen LogP contribution is -2.45. The van der Waals surface area contributed by atoms with Crippen molar-refractivity contribution in [3.05, 3.63) is 11.8 Å². The van der Waals surface area contributed by atoms with Crippen LogP contribution in [0.4, 0.5) is 5.82 Å². The van der Waals surface area contributed by atoms with Crippen molar-refractivity contribution >= 4 is 24.1 Å². The van der Waals surface area contributed by atoms with Gasteiger partial charge in [0.05, 0.1) is 11.7 Å². The SMILES string of the molecule is Cl.Cn1nc(CC(C)(C)C)cc1NC(=O)[C@@H](N)C(C)(C)C. The lowest BCUT2D eigenvalue weighted by molar-refractivity contribution is -0.119. The van der Waals surface area contributed by atoms with Crippen molar-refractivity contribution < 1.29 is 4.79 Å². The smallest absolute Gasteiger partial charge is 0.242 e. The van der Waals surface area contributed by atoms with Crippen LogP contribution in [0, 0.1) is 10.8 Å². The summed E-state index contributed by atoms with van der Waals surface area (Å²) in [7, 11) is 1.82. The van der Waals surface area contributed by atoms with Gasteiger partial charge in [-0.05, 0) is 17.3 Å². The van der Waals surface area contributed by atoms with Crippen molar-refractivity contribution in [2.45, 2.75) is 54.0 Å². The Bertz CT molecular complexity index is 483. The summed E-state index contributed by atoms with van der Waals surface area (Å²) in [5, 5.41) is 7.29. The van der Waals surface area contributed by atoms with Gasteiger partial charge in [0, 0.05) is 13.1 Å². The molecule has 5 nitrogen and oxygen atoms in total. The Morgan fingerprint density at radius 2 is 1.86 bits per heavy atom. The average Bonchev–Trinajstić information content (AvgIpc) is 2.53. The fourth-order valence-corrected chi connectivity index (χ4v) is 1.87. The van der Waals surface area contributed by atoms with Crippen LogP contribution in [0.25, 0.3) is 0 Å². The minimum Gasteiger partial charge on any atom is -0.319 e. The third-order valence-electron chi connectivity index (χ3n) is 3.11. The van der Waals surface area contributed by atoms with Crippen LogP contribution in [0.2, 0.25) is 0 Å². The fourth-order valence-electron chi connectivity index (χ4n) is 1.87. The maximum atomic E-state index is 12.1. The number of hydrogen-bond donors (Lipinski definition) is 2. The number of amides is 1. The van der Waals surface area contributed by atoms with E-state index in [4.69, 9.17) is 5.73 Å². The highest BCUT2D eigenvalue weighted by Gasteiger charge is 2.28. The lowest BCUT2D eigenvalue weighted by atomic mass is 9.87. The maximum Gasteiger partial charge on any atom is 0.242 e. The summed E-state index contributed by atoms with van der Waals surface area (Å²) in [4.78, 5) is 12.1.